The fourth-order valence-corrected chi connectivity index (χ4v) is 2.93. The highest BCUT2D eigenvalue weighted by atomic mass is 32.1. The summed E-state index contributed by atoms with van der Waals surface area (Å²) in [5.41, 5.74) is -0.203. The van der Waals surface area contributed by atoms with Crippen molar-refractivity contribution in [2.45, 2.75) is 32.1 Å². The average Bonchev–Trinajstić information content (AvgIpc) is 2.88. The Morgan fingerprint density at radius 1 is 1.53 bits per heavy atom. The minimum atomic E-state index is -0.864. The zero-order chi connectivity index (χ0) is 14.5. The molecule has 1 aromatic heterocycles. The lowest BCUT2D eigenvalue weighted by atomic mass is 9.80. The highest BCUT2D eigenvalue weighted by Crippen LogP contribution is 2.34. The molecule has 1 heterocycles. The van der Waals surface area contributed by atoms with Gasteiger partial charge in [-0.15, -0.1) is 11.3 Å². The van der Waals surface area contributed by atoms with Crippen LogP contribution in [0.15, 0.2) is 5.38 Å². The van der Waals surface area contributed by atoms with Crippen LogP contribution in [-0.2, 0) is 14.9 Å². The molecule has 1 rings (SSSR count). The number of aliphatic carboxylic acids is 1. The molecule has 0 fully saturated rings. The lowest BCUT2D eigenvalue weighted by molar-refractivity contribution is -0.144. The molecule has 6 heteroatoms. The highest BCUT2D eigenvalue weighted by Gasteiger charge is 2.39. The fourth-order valence-electron chi connectivity index (χ4n) is 2.01. The molecule has 0 amide bonds. The fraction of sp³-hybridized carbons (Fsp3) is 0.692. The summed E-state index contributed by atoms with van der Waals surface area (Å²) in [5.74, 6) is -0.797. The highest BCUT2D eigenvalue weighted by molar-refractivity contribution is 7.13. The first-order valence-corrected chi connectivity index (χ1v) is 7.29. The van der Waals surface area contributed by atoms with Gasteiger partial charge in [-0.25, -0.2) is 4.98 Å². The molecule has 0 aliphatic heterocycles. The molecule has 0 atom stereocenters. The monoisotopic (exact) mass is 286 g/mol. The predicted octanol–water partition coefficient (Wildman–Crippen LogP) is 2.37. The molecule has 0 aromatic carbocycles. The average molecular weight is 286 g/mol. The zero-order valence-corrected chi connectivity index (χ0v) is 12.8. The lowest BCUT2D eigenvalue weighted by Crippen LogP contribution is -2.35. The number of anilines is 1. The minimum absolute atomic E-state index is 0.545. The number of carbonyl (C=O) groups is 1. The molecule has 1 aromatic rings. The van der Waals surface area contributed by atoms with Crippen LogP contribution >= 0.6 is 11.3 Å². The number of ether oxygens (including phenoxy) is 1. The van der Waals surface area contributed by atoms with Gasteiger partial charge in [0.15, 0.2) is 5.13 Å². The maximum Gasteiger partial charge on any atom is 0.315 e. The van der Waals surface area contributed by atoms with Crippen LogP contribution < -0.4 is 4.90 Å². The number of carboxylic acid groups (broad SMARTS) is 1. The Morgan fingerprint density at radius 3 is 2.63 bits per heavy atom. The van der Waals surface area contributed by atoms with Crippen molar-refractivity contribution in [2.75, 3.05) is 32.2 Å². The molecular formula is C13H22N2O3S. The van der Waals surface area contributed by atoms with E-state index in [4.69, 9.17) is 4.74 Å². The molecule has 0 unspecified atom stereocenters. The van der Waals surface area contributed by atoms with Gasteiger partial charge in [0.1, 0.15) is 5.41 Å². The van der Waals surface area contributed by atoms with Gasteiger partial charge in [-0.05, 0) is 12.8 Å². The molecule has 108 valence electrons. The summed E-state index contributed by atoms with van der Waals surface area (Å²) in [6, 6.07) is 0. The van der Waals surface area contributed by atoms with Crippen molar-refractivity contribution in [3.63, 3.8) is 0 Å². The third kappa shape index (κ3) is 3.25. The van der Waals surface area contributed by atoms with Crippen molar-refractivity contribution in [3.8, 4) is 0 Å². The van der Waals surface area contributed by atoms with Gasteiger partial charge < -0.3 is 14.7 Å². The molecule has 0 aliphatic carbocycles. The number of rotatable bonds is 8. The van der Waals surface area contributed by atoms with Crippen LogP contribution in [0.1, 0.15) is 32.4 Å². The smallest absolute Gasteiger partial charge is 0.315 e. The van der Waals surface area contributed by atoms with Crippen molar-refractivity contribution < 1.29 is 14.6 Å². The van der Waals surface area contributed by atoms with Crippen molar-refractivity contribution in [1.82, 2.24) is 4.98 Å². The van der Waals surface area contributed by atoms with Gasteiger partial charge in [-0.1, -0.05) is 13.8 Å². The number of aromatic nitrogens is 1. The molecule has 0 aliphatic rings. The molecule has 0 spiro atoms. The third-order valence-corrected chi connectivity index (χ3v) is 4.51. The SMILES string of the molecule is CCC(CC)(C(=O)O)c1csc(N(C)CCOC)n1. The third-order valence-electron chi connectivity index (χ3n) is 3.56. The van der Waals surface area contributed by atoms with Gasteiger partial charge in [0, 0.05) is 26.1 Å². The van der Waals surface area contributed by atoms with E-state index in [0.29, 0.717) is 25.1 Å². The molecule has 0 radical (unpaired) electrons. The van der Waals surface area contributed by atoms with E-state index in [0.717, 1.165) is 11.7 Å². The van der Waals surface area contributed by atoms with Crippen molar-refractivity contribution >= 4 is 22.4 Å². The summed E-state index contributed by atoms with van der Waals surface area (Å²) < 4.78 is 5.03. The number of carboxylic acids is 1. The van der Waals surface area contributed by atoms with E-state index in [1.165, 1.54) is 11.3 Å². The second-order valence-corrected chi connectivity index (χ2v) is 5.36. The Kier molecular flexibility index (Phi) is 5.75. The Bertz CT molecular complexity index is 416. The Labute approximate surface area is 118 Å². The number of thiazole rings is 1. The normalized spacial score (nSPS) is 11.6. The van der Waals surface area contributed by atoms with E-state index >= 15 is 0 Å². The van der Waals surface area contributed by atoms with Crippen LogP contribution in [0.3, 0.4) is 0 Å². The van der Waals surface area contributed by atoms with E-state index in [1.54, 1.807) is 7.11 Å². The zero-order valence-electron chi connectivity index (χ0n) is 12.0. The summed E-state index contributed by atoms with van der Waals surface area (Å²) >= 11 is 1.48. The van der Waals surface area contributed by atoms with Crippen LogP contribution in [0.2, 0.25) is 0 Å². The van der Waals surface area contributed by atoms with Crippen LogP contribution in [0.25, 0.3) is 0 Å². The summed E-state index contributed by atoms with van der Waals surface area (Å²) in [7, 11) is 3.59. The number of hydrogen-bond donors (Lipinski definition) is 1. The van der Waals surface area contributed by atoms with Crippen molar-refractivity contribution in [1.29, 1.82) is 0 Å². The standard InChI is InChI=1S/C13H22N2O3S/c1-5-13(6-2,11(16)17)10-9-19-12(14-10)15(3)7-8-18-4/h9H,5-8H2,1-4H3,(H,16,17). The van der Waals surface area contributed by atoms with Crippen molar-refractivity contribution in [2.24, 2.45) is 0 Å². The van der Waals surface area contributed by atoms with Crippen LogP contribution in [0.4, 0.5) is 5.13 Å². The van der Waals surface area contributed by atoms with E-state index in [9.17, 15) is 9.90 Å². The molecule has 0 saturated carbocycles. The second kappa shape index (κ2) is 6.86. The minimum Gasteiger partial charge on any atom is -0.481 e. The molecule has 5 nitrogen and oxygen atoms in total. The van der Waals surface area contributed by atoms with Gasteiger partial charge in [0.2, 0.25) is 0 Å². The van der Waals surface area contributed by atoms with E-state index in [2.05, 4.69) is 4.98 Å². The Hall–Kier alpha value is -1.14. The molecule has 0 saturated heterocycles. The topological polar surface area (TPSA) is 62.7 Å². The predicted molar refractivity (Wildman–Crippen MR) is 77.2 cm³/mol. The summed E-state index contributed by atoms with van der Waals surface area (Å²) in [4.78, 5) is 18.1. The maximum absolute atomic E-state index is 11.6. The van der Waals surface area contributed by atoms with Gasteiger partial charge >= 0.3 is 5.97 Å². The Morgan fingerprint density at radius 2 is 2.16 bits per heavy atom. The largest absolute Gasteiger partial charge is 0.481 e. The second-order valence-electron chi connectivity index (χ2n) is 4.52. The van der Waals surface area contributed by atoms with Gasteiger partial charge in [-0.3, -0.25) is 4.79 Å². The van der Waals surface area contributed by atoms with Crippen LogP contribution in [-0.4, -0.2) is 43.4 Å². The number of likely N-dealkylation sites (N-methyl/N-ethyl adjacent to an activating group) is 1. The van der Waals surface area contributed by atoms with Crippen molar-refractivity contribution in [3.05, 3.63) is 11.1 Å². The molecule has 19 heavy (non-hydrogen) atoms. The molecule has 0 bridgehead atoms. The molecular weight excluding hydrogens is 264 g/mol. The maximum atomic E-state index is 11.6. The first-order valence-electron chi connectivity index (χ1n) is 6.41. The number of nitrogens with zero attached hydrogens (tertiary/aromatic N) is 2. The first kappa shape index (κ1) is 15.9. The number of methoxy groups -OCH3 is 1. The van der Waals surface area contributed by atoms with Gasteiger partial charge in [0.05, 0.1) is 12.3 Å². The Balaban J connectivity index is 2.96. The first-order chi connectivity index (χ1) is 9.01. The summed E-state index contributed by atoms with van der Waals surface area (Å²) in [6.07, 6.45) is 1.09. The number of hydrogen-bond acceptors (Lipinski definition) is 5. The van der Waals surface area contributed by atoms with Crippen LogP contribution in [0.5, 0.6) is 0 Å². The van der Waals surface area contributed by atoms with Gasteiger partial charge in [0.25, 0.3) is 0 Å². The lowest BCUT2D eigenvalue weighted by Gasteiger charge is -2.24. The summed E-state index contributed by atoms with van der Waals surface area (Å²) in [6.45, 7) is 5.15. The van der Waals surface area contributed by atoms with E-state index in [-0.39, 0.29) is 0 Å². The quantitative estimate of drug-likeness (QED) is 0.795. The van der Waals surface area contributed by atoms with Gasteiger partial charge in [-0.2, -0.15) is 0 Å². The van der Waals surface area contributed by atoms with E-state index < -0.39 is 11.4 Å². The molecule has 1 N–H and O–H groups in total. The van der Waals surface area contributed by atoms with E-state index in [1.807, 2.05) is 31.2 Å². The summed E-state index contributed by atoms with van der Waals surface area (Å²) in [5, 5.41) is 12.2. The van der Waals surface area contributed by atoms with Crippen LogP contribution in [0, 0.1) is 0 Å².